The fraction of sp³-hybridized carbons (Fsp3) is 0.154. The molecular weight excluding hydrogens is 248 g/mol. The number of non-ortho nitro benzene ring substituents is 1. The largest absolute Gasteiger partial charge is 0.870 e. The Bertz CT molecular complexity index is 528. The van der Waals surface area contributed by atoms with Crippen LogP contribution in [0.3, 0.4) is 0 Å². The number of benzene rings is 1. The summed E-state index contributed by atoms with van der Waals surface area (Å²) >= 11 is 0. The molecule has 6 heteroatoms. The van der Waals surface area contributed by atoms with E-state index in [1.54, 1.807) is 12.1 Å². The van der Waals surface area contributed by atoms with Gasteiger partial charge in [-0.15, -0.1) is 0 Å². The number of nitrogens with zero attached hydrogens (tertiary/aromatic N) is 2. The van der Waals surface area contributed by atoms with Crippen molar-refractivity contribution in [2.75, 3.05) is 0 Å². The standard InChI is InChI=1S/C13H13N2O3.H2O/c16-13(10-14-8-2-1-3-9-14)11-4-6-12(7-5-11)15(17)18;/h1-9,13,16H,10H2;1H2/q+1;/p-1. The van der Waals surface area contributed by atoms with Crippen LogP contribution < -0.4 is 4.57 Å². The Labute approximate surface area is 110 Å². The zero-order valence-electron chi connectivity index (χ0n) is 10.1. The lowest BCUT2D eigenvalue weighted by molar-refractivity contribution is -0.704. The Balaban J connectivity index is 0.00000180. The Kier molecular flexibility index (Phi) is 5.11. The van der Waals surface area contributed by atoms with Crippen molar-refractivity contribution in [1.29, 1.82) is 0 Å². The Morgan fingerprint density at radius 2 is 1.74 bits per heavy atom. The number of nitro benzene ring substituents is 1. The lowest BCUT2D eigenvalue weighted by atomic mass is 10.1. The first kappa shape index (κ1) is 14.7. The molecule has 0 spiro atoms. The number of pyridine rings is 1. The molecule has 2 aromatic rings. The maximum Gasteiger partial charge on any atom is 0.269 e. The highest BCUT2D eigenvalue weighted by Gasteiger charge is 2.14. The second-order valence-corrected chi connectivity index (χ2v) is 3.94. The molecule has 0 aliphatic rings. The van der Waals surface area contributed by atoms with E-state index in [-0.39, 0.29) is 11.2 Å². The van der Waals surface area contributed by atoms with Gasteiger partial charge in [-0.1, -0.05) is 6.07 Å². The fourth-order valence-electron chi connectivity index (χ4n) is 1.68. The summed E-state index contributed by atoms with van der Waals surface area (Å²) in [6.45, 7) is 0.415. The van der Waals surface area contributed by atoms with E-state index in [2.05, 4.69) is 0 Å². The predicted octanol–water partition coefficient (Wildman–Crippen LogP) is 1.44. The zero-order valence-corrected chi connectivity index (χ0v) is 10.1. The lowest BCUT2D eigenvalue weighted by Gasteiger charge is -2.07. The summed E-state index contributed by atoms with van der Waals surface area (Å²) in [6, 6.07) is 11.6. The summed E-state index contributed by atoms with van der Waals surface area (Å²) in [5.74, 6) is 0. The number of aliphatic hydroxyl groups excluding tert-OH is 1. The van der Waals surface area contributed by atoms with E-state index in [1.165, 1.54) is 12.1 Å². The van der Waals surface area contributed by atoms with E-state index >= 15 is 0 Å². The highest BCUT2D eigenvalue weighted by Crippen LogP contribution is 2.17. The molecule has 0 aliphatic heterocycles. The molecule has 0 aliphatic carbocycles. The quantitative estimate of drug-likeness (QED) is 0.512. The molecule has 100 valence electrons. The molecule has 1 aromatic carbocycles. The van der Waals surface area contributed by atoms with Crippen molar-refractivity contribution in [3.63, 3.8) is 0 Å². The number of aromatic nitrogens is 1. The Morgan fingerprint density at radius 3 is 2.26 bits per heavy atom. The summed E-state index contributed by atoms with van der Waals surface area (Å²) in [5, 5.41) is 20.5. The second kappa shape index (κ2) is 6.58. The molecule has 0 amide bonds. The third-order valence-electron chi connectivity index (χ3n) is 2.65. The molecule has 1 heterocycles. The highest BCUT2D eigenvalue weighted by atomic mass is 16.6. The van der Waals surface area contributed by atoms with E-state index in [9.17, 15) is 15.2 Å². The van der Waals surface area contributed by atoms with E-state index in [0.29, 0.717) is 12.1 Å². The van der Waals surface area contributed by atoms with Crippen LogP contribution in [0.1, 0.15) is 11.7 Å². The van der Waals surface area contributed by atoms with E-state index < -0.39 is 11.0 Å². The van der Waals surface area contributed by atoms with Crippen molar-refractivity contribution < 1.29 is 20.1 Å². The Morgan fingerprint density at radius 1 is 1.16 bits per heavy atom. The first-order chi connectivity index (χ1) is 8.66. The molecule has 19 heavy (non-hydrogen) atoms. The zero-order chi connectivity index (χ0) is 13.0. The van der Waals surface area contributed by atoms with Crippen molar-refractivity contribution in [1.82, 2.24) is 0 Å². The highest BCUT2D eigenvalue weighted by molar-refractivity contribution is 5.33. The lowest BCUT2D eigenvalue weighted by Crippen LogP contribution is -2.35. The Hall–Kier alpha value is -2.31. The van der Waals surface area contributed by atoms with E-state index in [4.69, 9.17) is 0 Å². The van der Waals surface area contributed by atoms with Gasteiger partial charge in [0.2, 0.25) is 0 Å². The molecule has 1 atom stereocenters. The number of hydrogen-bond donors (Lipinski definition) is 1. The molecule has 2 rings (SSSR count). The van der Waals surface area contributed by atoms with Crippen LogP contribution in [0.2, 0.25) is 0 Å². The van der Waals surface area contributed by atoms with Crippen LogP contribution in [0.5, 0.6) is 0 Å². The maximum atomic E-state index is 10.5. The van der Waals surface area contributed by atoms with Crippen LogP contribution in [0.15, 0.2) is 54.9 Å². The van der Waals surface area contributed by atoms with Gasteiger partial charge in [0, 0.05) is 24.3 Å². The van der Waals surface area contributed by atoms with Crippen molar-refractivity contribution in [3.8, 4) is 0 Å². The SMILES string of the molecule is O=[N+]([O-])c1ccc(C(O)C[n+]2ccccc2)cc1.[OH-]. The molecule has 2 N–H and O–H groups in total. The third-order valence-corrected chi connectivity index (χ3v) is 2.65. The average molecular weight is 262 g/mol. The van der Waals surface area contributed by atoms with Gasteiger partial charge in [-0.25, -0.2) is 4.57 Å². The van der Waals surface area contributed by atoms with Gasteiger partial charge in [-0.2, -0.15) is 0 Å². The number of rotatable bonds is 4. The van der Waals surface area contributed by atoms with Gasteiger partial charge in [0.05, 0.1) is 4.92 Å². The number of hydrogen-bond acceptors (Lipinski definition) is 4. The number of nitro groups is 1. The van der Waals surface area contributed by atoms with Crippen LogP contribution in [-0.4, -0.2) is 15.5 Å². The normalized spacial score (nSPS) is 11.4. The summed E-state index contributed by atoms with van der Waals surface area (Å²) in [6.07, 6.45) is 3.03. The van der Waals surface area contributed by atoms with Gasteiger partial charge in [0.1, 0.15) is 6.10 Å². The van der Waals surface area contributed by atoms with Crippen LogP contribution >= 0.6 is 0 Å². The van der Waals surface area contributed by atoms with Gasteiger partial charge in [0.25, 0.3) is 5.69 Å². The molecule has 0 fully saturated rings. The molecular formula is C13H14N2O4. The van der Waals surface area contributed by atoms with Crippen LogP contribution in [0, 0.1) is 10.1 Å². The summed E-state index contributed by atoms with van der Waals surface area (Å²) < 4.78 is 1.85. The molecule has 0 saturated heterocycles. The first-order valence-electron chi connectivity index (χ1n) is 5.53. The molecule has 1 aromatic heterocycles. The number of aliphatic hydroxyl groups is 1. The molecule has 0 bridgehead atoms. The van der Waals surface area contributed by atoms with Crippen LogP contribution in [-0.2, 0) is 6.54 Å². The van der Waals surface area contributed by atoms with Gasteiger partial charge >= 0.3 is 0 Å². The third kappa shape index (κ3) is 3.84. The van der Waals surface area contributed by atoms with Gasteiger partial charge < -0.3 is 10.6 Å². The van der Waals surface area contributed by atoms with Crippen molar-refractivity contribution in [2.45, 2.75) is 12.6 Å². The van der Waals surface area contributed by atoms with E-state index in [0.717, 1.165) is 0 Å². The molecule has 0 saturated carbocycles. The minimum Gasteiger partial charge on any atom is -0.870 e. The molecule has 1 unspecified atom stereocenters. The van der Waals surface area contributed by atoms with E-state index in [1.807, 2.05) is 35.2 Å². The van der Waals surface area contributed by atoms with Gasteiger partial charge in [-0.3, -0.25) is 10.1 Å². The monoisotopic (exact) mass is 262 g/mol. The van der Waals surface area contributed by atoms with Crippen molar-refractivity contribution >= 4 is 5.69 Å². The summed E-state index contributed by atoms with van der Waals surface area (Å²) in [5.41, 5.74) is 0.690. The average Bonchev–Trinajstić information content (AvgIpc) is 2.40. The van der Waals surface area contributed by atoms with Crippen LogP contribution in [0.4, 0.5) is 5.69 Å². The van der Waals surface area contributed by atoms with Crippen molar-refractivity contribution in [3.05, 3.63) is 70.5 Å². The van der Waals surface area contributed by atoms with Crippen LogP contribution in [0.25, 0.3) is 0 Å². The van der Waals surface area contributed by atoms with Crippen molar-refractivity contribution in [2.24, 2.45) is 0 Å². The minimum absolute atomic E-state index is 0. The molecule has 0 radical (unpaired) electrons. The first-order valence-corrected chi connectivity index (χ1v) is 5.53. The van der Waals surface area contributed by atoms with Gasteiger partial charge in [-0.05, 0) is 17.7 Å². The maximum absolute atomic E-state index is 10.5. The van der Waals surface area contributed by atoms with Gasteiger partial charge in [0.15, 0.2) is 18.9 Å². The fourth-order valence-corrected chi connectivity index (χ4v) is 1.68. The minimum atomic E-state index is -0.682. The predicted molar refractivity (Wildman–Crippen MR) is 66.6 cm³/mol. The topological polar surface area (TPSA) is 97.2 Å². The summed E-state index contributed by atoms with van der Waals surface area (Å²) in [7, 11) is 0. The molecule has 6 nitrogen and oxygen atoms in total. The second-order valence-electron chi connectivity index (χ2n) is 3.94. The smallest absolute Gasteiger partial charge is 0.269 e. The summed E-state index contributed by atoms with van der Waals surface area (Å²) in [4.78, 5) is 10.1.